The number of hydrogen-bond donors (Lipinski definition) is 1. The molecular weight excluding hydrogens is 172 g/mol. The highest BCUT2D eigenvalue weighted by atomic mass is 15.2. The van der Waals surface area contributed by atoms with Gasteiger partial charge in [-0.15, -0.1) is 0 Å². The van der Waals surface area contributed by atoms with Gasteiger partial charge in [-0.05, 0) is 45.7 Å². The van der Waals surface area contributed by atoms with E-state index in [1.807, 2.05) is 0 Å². The van der Waals surface area contributed by atoms with Crippen LogP contribution in [0.15, 0.2) is 0 Å². The monoisotopic (exact) mass is 196 g/mol. The molecule has 0 aromatic rings. The second-order valence-corrected chi connectivity index (χ2v) is 5.05. The predicted octanol–water partition coefficient (Wildman–Crippen LogP) is 1.86. The maximum atomic E-state index is 3.30. The standard InChI is InChI=1S/C12H24N2/c1-10(9-13-2)14-8-7-11-5-3-4-6-12(11)14/h10-13H,3-9H2,1-2H3/t10?,11-,12-/m0/s1. The fraction of sp³-hybridized carbons (Fsp3) is 1.00. The van der Waals surface area contributed by atoms with Crippen LogP contribution in [0.2, 0.25) is 0 Å². The molecule has 1 saturated heterocycles. The smallest absolute Gasteiger partial charge is 0.0195 e. The zero-order valence-electron chi connectivity index (χ0n) is 9.63. The molecular formula is C12H24N2. The van der Waals surface area contributed by atoms with Gasteiger partial charge in [0.05, 0.1) is 0 Å². The number of rotatable bonds is 3. The average molecular weight is 196 g/mol. The third-order valence-electron chi connectivity index (χ3n) is 4.12. The van der Waals surface area contributed by atoms with Gasteiger partial charge in [0.25, 0.3) is 0 Å². The lowest BCUT2D eigenvalue weighted by Gasteiger charge is -2.35. The van der Waals surface area contributed by atoms with Crippen molar-refractivity contribution < 1.29 is 0 Å². The van der Waals surface area contributed by atoms with E-state index in [1.54, 1.807) is 0 Å². The third-order valence-corrected chi connectivity index (χ3v) is 4.12. The van der Waals surface area contributed by atoms with E-state index in [4.69, 9.17) is 0 Å². The molecule has 1 unspecified atom stereocenters. The summed E-state index contributed by atoms with van der Waals surface area (Å²) in [5.74, 6) is 1.03. The SMILES string of the molecule is CNCC(C)N1CC[C@@H]2CCCC[C@@H]21. The molecule has 0 radical (unpaired) electrons. The van der Waals surface area contributed by atoms with Crippen LogP contribution in [0.1, 0.15) is 39.0 Å². The summed E-state index contributed by atoms with van der Waals surface area (Å²) in [6.45, 7) is 4.86. The van der Waals surface area contributed by atoms with Gasteiger partial charge in [-0.25, -0.2) is 0 Å². The molecule has 0 aromatic heterocycles. The van der Waals surface area contributed by atoms with Crippen molar-refractivity contribution in [1.29, 1.82) is 0 Å². The summed E-state index contributed by atoms with van der Waals surface area (Å²) < 4.78 is 0. The predicted molar refractivity (Wildman–Crippen MR) is 60.5 cm³/mol. The van der Waals surface area contributed by atoms with E-state index < -0.39 is 0 Å². The van der Waals surface area contributed by atoms with Gasteiger partial charge in [0, 0.05) is 18.6 Å². The molecule has 1 N–H and O–H groups in total. The zero-order chi connectivity index (χ0) is 9.97. The number of fused-ring (bicyclic) bond motifs is 1. The topological polar surface area (TPSA) is 15.3 Å². The summed E-state index contributed by atoms with van der Waals surface area (Å²) in [4.78, 5) is 2.75. The van der Waals surface area contributed by atoms with Crippen LogP contribution in [0.4, 0.5) is 0 Å². The number of hydrogen-bond acceptors (Lipinski definition) is 2. The minimum absolute atomic E-state index is 0.730. The lowest BCUT2D eigenvalue weighted by molar-refractivity contribution is 0.140. The third kappa shape index (κ3) is 1.96. The fourth-order valence-corrected chi connectivity index (χ4v) is 3.40. The second kappa shape index (κ2) is 4.63. The zero-order valence-corrected chi connectivity index (χ0v) is 9.63. The highest BCUT2D eigenvalue weighted by Gasteiger charge is 2.37. The quantitative estimate of drug-likeness (QED) is 0.741. The van der Waals surface area contributed by atoms with Crippen molar-refractivity contribution in [2.45, 2.75) is 51.1 Å². The lowest BCUT2D eigenvalue weighted by Crippen LogP contribution is -2.44. The Kier molecular flexibility index (Phi) is 3.45. The van der Waals surface area contributed by atoms with Crippen molar-refractivity contribution in [1.82, 2.24) is 10.2 Å². The van der Waals surface area contributed by atoms with Gasteiger partial charge >= 0.3 is 0 Å². The lowest BCUT2D eigenvalue weighted by atomic mass is 9.85. The Morgan fingerprint density at radius 3 is 2.86 bits per heavy atom. The van der Waals surface area contributed by atoms with Crippen LogP contribution in [0.3, 0.4) is 0 Å². The Bertz CT molecular complexity index is 181. The minimum Gasteiger partial charge on any atom is -0.318 e. The molecule has 0 amide bonds. The van der Waals surface area contributed by atoms with Gasteiger partial charge in [0.2, 0.25) is 0 Å². The van der Waals surface area contributed by atoms with E-state index in [0.29, 0.717) is 0 Å². The van der Waals surface area contributed by atoms with Crippen LogP contribution < -0.4 is 5.32 Å². The molecule has 2 fully saturated rings. The summed E-state index contributed by atoms with van der Waals surface area (Å²) in [7, 11) is 2.06. The number of likely N-dealkylation sites (N-methyl/N-ethyl adjacent to an activating group) is 1. The molecule has 82 valence electrons. The van der Waals surface area contributed by atoms with Crippen molar-refractivity contribution in [3.8, 4) is 0 Å². The van der Waals surface area contributed by atoms with Gasteiger partial charge in [0.15, 0.2) is 0 Å². The fourth-order valence-electron chi connectivity index (χ4n) is 3.40. The molecule has 1 aliphatic heterocycles. The molecule has 1 aliphatic carbocycles. The maximum absolute atomic E-state index is 3.30. The van der Waals surface area contributed by atoms with E-state index in [9.17, 15) is 0 Å². The van der Waals surface area contributed by atoms with Crippen molar-refractivity contribution in [2.24, 2.45) is 5.92 Å². The maximum Gasteiger partial charge on any atom is 0.0195 e. The molecule has 2 heteroatoms. The molecule has 0 aromatic carbocycles. The average Bonchev–Trinajstić information content (AvgIpc) is 2.61. The summed E-state index contributed by atoms with van der Waals surface area (Å²) in [5.41, 5.74) is 0. The van der Waals surface area contributed by atoms with Gasteiger partial charge in [-0.2, -0.15) is 0 Å². The van der Waals surface area contributed by atoms with E-state index in [0.717, 1.165) is 24.5 Å². The number of nitrogens with zero attached hydrogens (tertiary/aromatic N) is 1. The summed E-state index contributed by atoms with van der Waals surface area (Å²) in [5, 5.41) is 3.30. The van der Waals surface area contributed by atoms with Gasteiger partial charge in [0.1, 0.15) is 0 Å². The molecule has 2 nitrogen and oxygen atoms in total. The Labute approximate surface area is 88.1 Å². The van der Waals surface area contributed by atoms with Gasteiger partial charge in [-0.1, -0.05) is 12.8 Å². The van der Waals surface area contributed by atoms with Gasteiger partial charge in [-0.3, -0.25) is 4.90 Å². The van der Waals surface area contributed by atoms with Crippen LogP contribution in [-0.2, 0) is 0 Å². The van der Waals surface area contributed by atoms with Crippen LogP contribution in [0.25, 0.3) is 0 Å². The van der Waals surface area contributed by atoms with Crippen LogP contribution in [-0.4, -0.2) is 37.1 Å². The Hall–Kier alpha value is -0.0800. The van der Waals surface area contributed by atoms with Gasteiger partial charge < -0.3 is 5.32 Å². The molecule has 0 spiro atoms. The normalized spacial score (nSPS) is 35.6. The van der Waals surface area contributed by atoms with Crippen molar-refractivity contribution in [3.05, 3.63) is 0 Å². The van der Waals surface area contributed by atoms with E-state index in [-0.39, 0.29) is 0 Å². The molecule has 1 heterocycles. The Morgan fingerprint density at radius 2 is 2.07 bits per heavy atom. The van der Waals surface area contributed by atoms with Crippen molar-refractivity contribution >= 4 is 0 Å². The first-order chi connectivity index (χ1) is 6.83. The molecule has 14 heavy (non-hydrogen) atoms. The first-order valence-corrected chi connectivity index (χ1v) is 6.23. The van der Waals surface area contributed by atoms with E-state index >= 15 is 0 Å². The van der Waals surface area contributed by atoms with Crippen LogP contribution >= 0.6 is 0 Å². The number of likely N-dealkylation sites (tertiary alicyclic amines) is 1. The first-order valence-electron chi connectivity index (χ1n) is 6.23. The van der Waals surface area contributed by atoms with Crippen molar-refractivity contribution in [2.75, 3.05) is 20.1 Å². The largest absolute Gasteiger partial charge is 0.318 e. The second-order valence-electron chi connectivity index (χ2n) is 5.05. The Balaban J connectivity index is 1.93. The highest BCUT2D eigenvalue weighted by Crippen LogP contribution is 2.36. The highest BCUT2D eigenvalue weighted by molar-refractivity contribution is 4.92. The first kappa shape index (κ1) is 10.4. The molecule has 1 saturated carbocycles. The van der Waals surface area contributed by atoms with Crippen molar-refractivity contribution in [3.63, 3.8) is 0 Å². The Morgan fingerprint density at radius 1 is 1.29 bits per heavy atom. The minimum atomic E-state index is 0.730. The number of nitrogens with one attached hydrogen (secondary N) is 1. The van der Waals surface area contributed by atoms with E-state index in [1.165, 1.54) is 38.6 Å². The van der Waals surface area contributed by atoms with Crippen LogP contribution in [0.5, 0.6) is 0 Å². The van der Waals surface area contributed by atoms with Crippen LogP contribution in [0, 0.1) is 5.92 Å². The summed E-state index contributed by atoms with van der Waals surface area (Å²) in [6.07, 6.45) is 7.35. The molecule has 2 rings (SSSR count). The molecule has 2 aliphatic rings. The molecule has 3 atom stereocenters. The molecule has 0 bridgehead atoms. The summed E-state index contributed by atoms with van der Waals surface area (Å²) >= 11 is 0. The summed E-state index contributed by atoms with van der Waals surface area (Å²) in [6, 6.07) is 1.65. The van der Waals surface area contributed by atoms with E-state index in [2.05, 4.69) is 24.2 Å².